The molecular weight excluding hydrogens is 252 g/mol. The molecule has 1 unspecified atom stereocenters. The molecule has 0 saturated heterocycles. The maximum Gasteiger partial charge on any atom is 0.172 e. The van der Waals surface area contributed by atoms with Gasteiger partial charge in [0, 0.05) is 4.90 Å². The Balaban J connectivity index is 2.01. The van der Waals surface area contributed by atoms with Crippen molar-refractivity contribution in [1.82, 2.24) is 0 Å². The molecule has 19 heavy (non-hydrogen) atoms. The first-order chi connectivity index (χ1) is 9.22. The summed E-state index contributed by atoms with van der Waals surface area (Å²) in [6.07, 6.45) is 6.97. The van der Waals surface area contributed by atoms with Crippen molar-refractivity contribution in [3.63, 3.8) is 0 Å². The third kappa shape index (κ3) is 3.60. The Morgan fingerprint density at radius 2 is 2.00 bits per heavy atom. The lowest BCUT2D eigenvalue weighted by Crippen LogP contribution is -2.12. The molecule has 0 heterocycles. The van der Waals surface area contributed by atoms with E-state index in [2.05, 4.69) is 38.1 Å². The third-order valence-electron chi connectivity index (χ3n) is 3.34. The van der Waals surface area contributed by atoms with Crippen LogP contribution >= 0.6 is 11.8 Å². The summed E-state index contributed by atoms with van der Waals surface area (Å²) in [4.78, 5) is 13.6. The van der Waals surface area contributed by atoms with Crippen LogP contribution < -0.4 is 0 Å². The first-order valence-corrected chi connectivity index (χ1v) is 7.70. The van der Waals surface area contributed by atoms with Crippen molar-refractivity contribution in [3.05, 3.63) is 53.6 Å². The minimum absolute atomic E-state index is 0.0763. The third-order valence-corrected chi connectivity index (χ3v) is 4.55. The van der Waals surface area contributed by atoms with Gasteiger partial charge < -0.3 is 0 Å². The number of benzene rings is 1. The molecule has 2 rings (SSSR count). The average Bonchev–Trinajstić information content (AvgIpc) is 2.68. The Morgan fingerprint density at radius 3 is 2.68 bits per heavy atom. The predicted octanol–water partition coefficient (Wildman–Crippen LogP) is 4.79. The fourth-order valence-electron chi connectivity index (χ4n) is 2.30. The van der Waals surface area contributed by atoms with Crippen molar-refractivity contribution in [1.29, 1.82) is 0 Å². The summed E-state index contributed by atoms with van der Waals surface area (Å²) >= 11 is 1.69. The van der Waals surface area contributed by atoms with Gasteiger partial charge in [0.25, 0.3) is 0 Å². The fraction of sp³-hybridized carbons (Fsp3) is 0.353. The summed E-state index contributed by atoms with van der Waals surface area (Å²) in [6.45, 7) is 4.21. The summed E-state index contributed by atoms with van der Waals surface area (Å²) in [7, 11) is 0. The maximum atomic E-state index is 12.4. The van der Waals surface area contributed by atoms with Crippen molar-refractivity contribution in [2.75, 3.05) is 0 Å². The number of Topliss-reactive ketones (excluding diaryl/α,β-unsaturated/α-hetero) is 1. The van der Waals surface area contributed by atoms with E-state index in [4.69, 9.17) is 0 Å². The van der Waals surface area contributed by atoms with Crippen LogP contribution in [0.3, 0.4) is 0 Å². The van der Waals surface area contributed by atoms with E-state index in [1.807, 2.05) is 18.2 Å². The monoisotopic (exact) mass is 272 g/mol. The van der Waals surface area contributed by atoms with E-state index in [1.54, 1.807) is 11.8 Å². The van der Waals surface area contributed by atoms with Gasteiger partial charge in [-0.15, -0.1) is 11.8 Å². The van der Waals surface area contributed by atoms with E-state index < -0.39 is 0 Å². The van der Waals surface area contributed by atoms with Crippen LogP contribution in [0.15, 0.2) is 58.5 Å². The van der Waals surface area contributed by atoms with Gasteiger partial charge in [-0.2, -0.15) is 0 Å². The van der Waals surface area contributed by atoms with Gasteiger partial charge in [0.05, 0.1) is 5.25 Å². The Morgan fingerprint density at radius 1 is 1.26 bits per heavy atom. The van der Waals surface area contributed by atoms with E-state index in [9.17, 15) is 4.79 Å². The molecule has 0 aromatic heterocycles. The quantitative estimate of drug-likeness (QED) is 0.717. The van der Waals surface area contributed by atoms with E-state index in [-0.39, 0.29) is 5.25 Å². The van der Waals surface area contributed by atoms with Crippen LogP contribution in [0, 0.1) is 0 Å². The molecule has 0 spiro atoms. The smallest absolute Gasteiger partial charge is 0.172 e. The number of hydrogen-bond donors (Lipinski definition) is 0. The Bertz CT molecular complexity index is 499. The lowest BCUT2D eigenvalue weighted by molar-refractivity contribution is -0.114. The molecule has 0 aliphatic heterocycles. The number of hydrogen-bond acceptors (Lipinski definition) is 2. The van der Waals surface area contributed by atoms with E-state index >= 15 is 0 Å². The first kappa shape index (κ1) is 14.1. The Kier molecular flexibility index (Phi) is 5.03. The highest BCUT2D eigenvalue weighted by Gasteiger charge is 2.30. The van der Waals surface area contributed by atoms with Crippen molar-refractivity contribution < 1.29 is 4.79 Å². The largest absolute Gasteiger partial charge is 0.293 e. The fourth-order valence-corrected chi connectivity index (χ4v) is 3.53. The van der Waals surface area contributed by atoms with Crippen LogP contribution in [-0.2, 0) is 4.79 Å². The summed E-state index contributed by atoms with van der Waals surface area (Å²) in [5.74, 6) is 0.326. The second kappa shape index (κ2) is 6.76. The summed E-state index contributed by atoms with van der Waals surface area (Å²) in [5.41, 5.74) is 2.29. The lowest BCUT2D eigenvalue weighted by atomic mass is 10.1. The molecule has 1 aliphatic rings. The molecule has 2 heteroatoms. The number of carbonyl (C=O) groups is 1. The molecule has 1 atom stereocenters. The summed E-state index contributed by atoms with van der Waals surface area (Å²) < 4.78 is 0. The number of ketones is 1. The van der Waals surface area contributed by atoms with Crippen molar-refractivity contribution in [2.24, 2.45) is 0 Å². The molecule has 1 aromatic carbocycles. The van der Waals surface area contributed by atoms with Crippen LogP contribution in [0.25, 0.3) is 0 Å². The van der Waals surface area contributed by atoms with Gasteiger partial charge in [-0.05, 0) is 43.9 Å². The zero-order valence-corrected chi connectivity index (χ0v) is 12.4. The lowest BCUT2D eigenvalue weighted by Gasteiger charge is -2.08. The van der Waals surface area contributed by atoms with E-state index in [1.165, 1.54) is 10.5 Å². The van der Waals surface area contributed by atoms with Gasteiger partial charge in [0.15, 0.2) is 5.78 Å². The van der Waals surface area contributed by atoms with Crippen molar-refractivity contribution in [2.45, 2.75) is 43.3 Å². The number of thioether (sulfide) groups is 1. The zero-order chi connectivity index (χ0) is 13.7. The second-order valence-electron chi connectivity index (χ2n) is 4.83. The molecule has 1 aromatic rings. The molecule has 0 bridgehead atoms. The first-order valence-electron chi connectivity index (χ1n) is 6.82. The number of allylic oxidation sites excluding steroid dienone is 4. The van der Waals surface area contributed by atoms with Gasteiger partial charge in [-0.25, -0.2) is 0 Å². The molecule has 1 aliphatic carbocycles. The molecule has 0 fully saturated rings. The van der Waals surface area contributed by atoms with Crippen molar-refractivity contribution in [3.8, 4) is 0 Å². The molecule has 0 radical (unpaired) electrons. The van der Waals surface area contributed by atoms with Gasteiger partial charge >= 0.3 is 0 Å². The molecule has 0 N–H and O–H groups in total. The van der Waals surface area contributed by atoms with E-state index in [0.29, 0.717) is 5.78 Å². The minimum Gasteiger partial charge on any atom is -0.293 e. The summed E-state index contributed by atoms with van der Waals surface area (Å²) in [5, 5.41) is 0.0763. The highest BCUT2D eigenvalue weighted by molar-refractivity contribution is 8.00. The summed E-state index contributed by atoms with van der Waals surface area (Å²) in [6, 6.07) is 10.2. The molecule has 0 saturated carbocycles. The number of carbonyl (C=O) groups excluding carboxylic acids is 1. The van der Waals surface area contributed by atoms with Gasteiger partial charge in [-0.1, -0.05) is 42.8 Å². The average molecular weight is 272 g/mol. The topological polar surface area (TPSA) is 17.1 Å². The maximum absolute atomic E-state index is 12.4. The molecule has 100 valence electrons. The van der Waals surface area contributed by atoms with Crippen LogP contribution in [0.5, 0.6) is 0 Å². The number of rotatable bonds is 5. The van der Waals surface area contributed by atoms with Crippen LogP contribution in [0.4, 0.5) is 0 Å². The Labute approximate surface area is 119 Å². The van der Waals surface area contributed by atoms with Crippen LogP contribution in [0.1, 0.15) is 33.1 Å². The SMILES string of the molecule is CCC=CCC1=C(C)CC(Sc2ccccc2)C1=O. The molecule has 1 nitrogen and oxygen atoms in total. The Hall–Kier alpha value is -1.28. The molecule has 0 amide bonds. The highest BCUT2D eigenvalue weighted by atomic mass is 32.2. The van der Waals surface area contributed by atoms with E-state index in [0.717, 1.165) is 24.8 Å². The van der Waals surface area contributed by atoms with Gasteiger partial charge in [-0.3, -0.25) is 4.79 Å². The second-order valence-corrected chi connectivity index (χ2v) is 6.11. The molecular formula is C17H20OS. The van der Waals surface area contributed by atoms with Crippen LogP contribution in [-0.4, -0.2) is 11.0 Å². The van der Waals surface area contributed by atoms with Gasteiger partial charge in [0.1, 0.15) is 0 Å². The van der Waals surface area contributed by atoms with Gasteiger partial charge in [0.2, 0.25) is 0 Å². The normalized spacial score (nSPS) is 19.7. The zero-order valence-electron chi connectivity index (χ0n) is 11.6. The van der Waals surface area contributed by atoms with Crippen molar-refractivity contribution >= 4 is 17.5 Å². The highest BCUT2D eigenvalue weighted by Crippen LogP contribution is 2.36. The predicted molar refractivity (Wildman–Crippen MR) is 82.5 cm³/mol. The van der Waals surface area contributed by atoms with Crippen LogP contribution in [0.2, 0.25) is 0 Å². The minimum atomic E-state index is 0.0763. The standard InChI is InChI=1S/C17H20OS/c1-3-4-6-11-15-13(2)12-16(17(15)18)19-14-9-7-5-8-10-14/h4-10,16H,3,11-12H2,1-2H3.